The van der Waals surface area contributed by atoms with E-state index < -0.39 is 11.9 Å². The number of hydrogen-bond donors (Lipinski definition) is 0. The fourth-order valence-corrected chi connectivity index (χ4v) is 2.66. The molecule has 0 saturated heterocycles. The molecule has 0 saturated carbocycles. The lowest BCUT2D eigenvalue weighted by Crippen LogP contribution is -2.30. The molecule has 21 heavy (non-hydrogen) atoms. The Kier molecular flexibility index (Phi) is 4.35. The average Bonchev–Trinajstić information content (AvgIpc) is 2.52. The van der Waals surface area contributed by atoms with Gasteiger partial charge in [0, 0.05) is 11.1 Å². The van der Waals surface area contributed by atoms with E-state index in [2.05, 4.69) is 4.74 Å². The second-order valence-corrected chi connectivity index (χ2v) is 4.65. The van der Waals surface area contributed by atoms with E-state index in [0.29, 0.717) is 35.7 Å². The van der Waals surface area contributed by atoms with E-state index >= 15 is 0 Å². The Morgan fingerprint density at radius 2 is 1.76 bits per heavy atom. The normalized spacial score (nSPS) is 17.0. The van der Waals surface area contributed by atoms with Crippen LogP contribution in [-0.2, 0) is 16.0 Å². The fraction of sp³-hybridized carbons (Fsp3) is 0.467. The Morgan fingerprint density at radius 3 is 2.29 bits per heavy atom. The van der Waals surface area contributed by atoms with Crippen LogP contribution < -0.4 is 14.2 Å². The predicted molar refractivity (Wildman–Crippen MR) is 74.3 cm³/mol. The van der Waals surface area contributed by atoms with Crippen molar-refractivity contribution in [1.82, 2.24) is 0 Å². The minimum absolute atomic E-state index is 0.276. The van der Waals surface area contributed by atoms with Crippen LogP contribution >= 0.6 is 0 Å². The second-order valence-electron chi connectivity index (χ2n) is 4.65. The molecular weight excluding hydrogens is 276 g/mol. The Labute approximate surface area is 122 Å². The molecule has 0 spiro atoms. The van der Waals surface area contributed by atoms with Crippen molar-refractivity contribution >= 4 is 11.8 Å². The van der Waals surface area contributed by atoms with E-state index in [1.165, 1.54) is 28.4 Å². The van der Waals surface area contributed by atoms with Gasteiger partial charge in [-0.3, -0.25) is 9.59 Å². The van der Waals surface area contributed by atoms with E-state index in [9.17, 15) is 9.59 Å². The largest absolute Gasteiger partial charge is 0.493 e. The summed E-state index contributed by atoms with van der Waals surface area (Å²) >= 11 is 0. The van der Waals surface area contributed by atoms with Gasteiger partial charge in [0.05, 0.1) is 28.4 Å². The summed E-state index contributed by atoms with van der Waals surface area (Å²) in [5.74, 6) is -0.245. The molecule has 6 nitrogen and oxygen atoms in total. The molecule has 6 heteroatoms. The number of rotatable bonds is 4. The molecule has 0 aromatic heterocycles. The van der Waals surface area contributed by atoms with Crippen molar-refractivity contribution in [2.75, 3.05) is 28.4 Å². The zero-order valence-corrected chi connectivity index (χ0v) is 12.5. The van der Waals surface area contributed by atoms with Crippen LogP contribution in [0.15, 0.2) is 6.07 Å². The molecule has 0 radical (unpaired) electrons. The summed E-state index contributed by atoms with van der Waals surface area (Å²) in [5, 5.41) is 0. The molecule has 0 aliphatic heterocycles. The molecule has 0 amide bonds. The van der Waals surface area contributed by atoms with Crippen molar-refractivity contribution in [1.29, 1.82) is 0 Å². The number of carbonyl (C=O) groups excluding carboxylic acids is 2. The molecule has 1 atom stereocenters. The molecule has 0 heterocycles. The summed E-state index contributed by atoms with van der Waals surface area (Å²) in [5.41, 5.74) is 1.16. The number of carbonyl (C=O) groups is 2. The highest BCUT2D eigenvalue weighted by Gasteiger charge is 2.37. The first-order valence-electron chi connectivity index (χ1n) is 6.52. The highest BCUT2D eigenvalue weighted by molar-refractivity contribution is 6.11. The second kappa shape index (κ2) is 6.03. The number of ether oxygens (including phenoxy) is 4. The fourth-order valence-electron chi connectivity index (χ4n) is 2.66. The summed E-state index contributed by atoms with van der Waals surface area (Å²) < 4.78 is 20.6. The summed E-state index contributed by atoms with van der Waals surface area (Å²) in [6, 6.07) is 1.59. The van der Waals surface area contributed by atoms with Crippen LogP contribution in [0, 0.1) is 5.92 Å². The van der Waals surface area contributed by atoms with Gasteiger partial charge in [0.2, 0.25) is 5.75 Å². The molecule has 2 rings (SSSR count). The van der Waals surface area contributed by atoms with E-state index in [0.717, 1.165) is 5.56 Å². The van der Waals surface area contributed by atoms with E-state index in [1.54, 1.807) is 6.07 Å². The van der Waals surface area contributed by atoms with Crippen molar-refractivity contribution in [3.63, 3.8) is 0 Å². The van der Waals surface area contributed by atoms with Crippen LogP contribution in [0.2, 0.25) is 0 Å². The molecule has 0 N–H and O–H groups in total. The third-order valence-electron chi connectivity index (χ3n) is 3.68. The van der Waals surface area contributed by atoms with Gasteiger partial charge >= 0.3 is 5.97 Å². The van der Waals surface area contributed by atoms with Gasteiger partial charge in [-0.15, -0.1) is 0 Å². The molecule has 0 bridgehead atoms. The van der Waals surface area contributed by atoms with Crippen molar-refractivity contribution in [3.05, 3.63) is 17.2 Å². The zero-order chi connectivity index (χ0) is 15.6. The minimum Gasteiger partial charge on any atom is -0.493 e. The van der Waals surface area contributed by atoms with E-state index in [-0.39, 0.29) is 5.78 Å². The maximum absolute atomic E-state index is 12.5. The molecule has 1 aliphatic carbocycles. The predicted octanol–water partition coefficient (Wildman–Crippen LogP) is 1.63. The standard InChI is InChI=1S/C15H18O6/c1-18-11-7-10-8(13(19-2)14(11)20-3)5-6-9(12(10)16)15(17)21-4/h7,9H,5-6H2,1-4H3/t9-/m0/s1. The molecule has 1 aromatic carbocycles. The molecular formula is C15H18O6. The van der Waals surface area contributed by atoms with Gasteiger partial charge in [0.1, 0.15) is 5.92 Å². The maximum Gasteiger partial charge on any atom is 0.316 e. The third-order valence-corrected chi connectivity index (χ3v) is 3.68. The zero-order valence-electron chi connectivity index (χ0n) is 12.5. The van der Waals surface area contributed by atoms with Crippen LogP contribution in [0.3, 0.4) is 0 Å². The van der Waals surface area contributed by atoms with Crippen LogP contribution in [0.4, 0.5) is 0 Å². The van der Waals surface area contributed by atoms with Gasteiger partial charge in [-0.1, -0.05) is 0 Å². The Hall–Kier alpha value is -2.24. The van der Waals surface area contributed by atoms with Gasteiger partial charge in [-0.25, -0.2) is 0 Å². The van der Waals surface area contributed by atoms with Crippen molar-refractivity contribution in [2.24, 2.45) is 5.92 Å². The summed E-state index contributed by atoms with van der Waals surface area (Å²) in [7, 11) is 5.78. The van der Waals surface area contributed by atoms with Crippen molar-refractivity contribution in [2.45, 2.75) is 12.8 Å². The maximum atomic E-state index is 12.5. The van der Waals surface area contributed by atoms with Gasteiger partial charge in [0.25, 0.3) is 0 Å². The topological polar surface area (TPSA) is 71.1 Å². The first-order chi connectivity index (χ1) is 10.1. The molecule has 0 unspecified atom stereocenters. The highest BCUT2D eigenvalue weighted by Crippen LogP contribution is 2.45. The van der Waals surface area contributed by atoms with Gasteiger partial charge in [-0.05, 0) is 18.9 Å². The monoisotopic (exact) mass is 294 g/mol. The number of hydrogen-bond acceptors (Lipinski definition) is 6. The molecule has 1 aromatic rings. The summed E-state index contributed by atoms with van der Waals surface area (Å²) in [4.78, 5) is 24.2. The Morgan fingerprint density at radius 1 is 1.10 bits per heavy atom. The number of ketones is 1. The van der Waals surface area contributed by atoms with Crippen LogP contribution in [0.25, 0.3) is 0 Å². The lowest BCUT2D eigenvalue weighted by Gasteiger charge is -2.25. The summed E-state index contributed by atoms with van der Waals surface area (Å²) in [6.45, 7) is 0. The Balaban J connectivity index is 2.58. The molecule has 1 aliphatic rings. The molecule has 0 fully saturated rings. The first kappa shape index (κ1) is 15.2. The van der Waals surface area contributed by atoms with Crippen molar-refractivity contribution in [3.8, 4) is 17.2 Å². The quantitative estimate of drug-likeness (QED) is 0.621. The number of fused-ring (bicyclic) bond motifs is 1. The number of Topliss-reactive ketones (excluding diaryl/α,β-unsaturated/α-hetero) is 1. The third kappa shape index (κ3) is 2.41. The summed E-state index contributed by atoms with van der Waals surface area (Å²) in [6.07, 6.45) is 0.925. The van der Waals surface area contributed by atoms with E-state index in [1.807, 2.05) is 0 Å². The number of esters is 1. The van der Waals surface area contributed by atoms with Crippen molar-refractivity contribution < 1.29 is 28.5 Å². The highest BCUT2D eigenvalue weighted by atomic mass is 16.5. The van der Waals surface area contributed by atoms with Crippen LogP contribution in [-0.4, -0.2) is 40.2 Å². The number of methoxy groups -OCH3 is 4. The first-order valence-corrected chi connectivity index (χ1v) is 6.52. The lowest BCUT2D eigenvalue weighted by molar-refractivity contribution is -0.143. The number of benzene rings is 1. The van der Waals surface area contributed by atoms with Gasteiger partial charge < -0.3 is 18.9 Å². The minimum atomic E-state index is -0.773. The van der Waals surface area contributed by atoms with Gasteiger partial charge in [0.15, 0.2) is 17.3 Å². The Bertz CT molecular complexity index is 578. The lowest BCUT2D eigenvalue weighted by atomic mass is 9.82. The average molecular weight is 294 g/mol. The van der Waals surface area contributed by atoms with Gasteiger partial charge in [-0.2, -0.15) is 0 Å². The SMILES string of the molecule is COC(=O)[C@H]1CCc2c(cc(OC)c(OC)c2OC)C1=O. The van der Waals surface area contributed by atoms with Crippen LogP contribution in [0.1, 0.15) is 22.3 Å². The molecule has 114 valence electrons. The smallest absolute Gasteiger partial charge is 0.316 e. The van der Waals surface area contributed by atoms with E-state index in [4.69, 9.17) is 14.2 Å². The van der Waals surface area contributed by atoms with Crippen LogP contribution in [0.5, 0.6) is 17.2 Å².